The van der Waals surface area contributed by atoms with Gasteiger partial charge in [-0.1, -0.05) is 23.8 Å². The van der Waals surface area contributed by atoms with E-state index >= 15 is 0 Å². The van der Waals surface area contributed by atoms with Crippen LogP contribution in [0.4, 0.5) is 0 Å². The Morgan fingerprint density at radius 3 is 2.39 bits per heavy atom. The number of rotatable bonds is 3. The smallest absolute Gasteiger partial charge is 0.254 e. The maximum Gasteiger partial charge on any atom is 0.254 e. The number of carbonyl (C=O) groups excluding carboxylic acids is 2. The maximum absolute atomic E-state index is 12.5. The molecular formula is C19H19NO2S. The Morgan fingerprint density at radius 2 is 1.83 bits per heavy atom. The van der Waals surface area contributed by atoms with Crippen LogP contribution in [-0.4, -0.2) is 29.7 Å². The van der Waals surface area contributed by atoms with Gasteiger partial charge in [0.2, 0.25) is 0 Å². The van der Waals surface area contributed by atoms with E-state index in [1.807, 2.05) is 41.3 Å². The third kappa shape index (κ3) is 3.42. The van der Waals surface area contributed by atoms with Crippen molar-refractivity contribution in [2.45, 2.75) is 20.3 Å². The first kappa shape index (κ1) is 15.7. The van der Waals surface area contributed by atoms with Gasteiger partial charge in [-0.05, 0) is 50.1 Å². The maximum atomic E-state index is 12.5. The van der Waals surface area contributed by atoms with Crippen molar-refractivity contribution >= 4 is 23.0 Å². The number of amides is 1. The summed E-state index contributed by atoms with van der Waals surface area (Å²) in [4.78, 5) is 27.6. The lowest BCUT2D eigenvalue weighted by atomic mass is 10.1. The minimum absolute atomic E-state index is 0.0795. The number of hydrogen-bond acceptors (Lipinski definition) is 3. The quantitative estimate of drug-likeness (QED) is 0.619. The van der Waals surface area contributed by atoms with Gasteiger partial charge in [-0.15, -0.1) is 11.3 Å². The average molecular weight is 325 g/mol. The summed E-state index contributed by atoms with van der Waals surface area (Å²) in [6.45, 7) is 5.16. The summed E-state index contributed by atoms with van der Waals surface area (Å²) in [7, 11) is 0. The summed E-state index contributed by atoms with van der Waals surface area (Å²) in [5.41, 5.74) is 3.10. The zero-order valence-corrected chi connectivity index (χ0v) is 14.2. The molecule has 1 aromatic heterocycles. The van der Waals surface area contributed by atoms with Crippen molar-refractivity contribution in [3.63, 3.8) is 0 Å². The number of carbonyl (C=O) groups is 2. The van der Waals surface area contributed by atoms with E-state index in [0.29, 0.717) is 12.1 Å². The molecule has 0 atom stereocenters. The number of benzene rings is 1. The van der Waals surface area contributed by atoms with E-state index in [1.165, 1.54) is 16.9 Å². The normalized spacial score (nSPS) is 14.5. The Morgan fingerprint density at radius 1 is 1.09 bits per heavy atom. The highest BCUT2D eigenvalue weighted by Gasteiger charge is 2.17. The lowest BCUT2D eigenvalue weighted by molar-refractivity contribution is 0.0769. The van der Waals surface area contributed by atoms with Crippen molar-refractivity contribution in [1.29, 1.82) is 0 Å². The van der Waals surface area contributed by atoms with E-state index < -0.39 is 0 Å². The van der Waals surface area contributed by atoms with E-state index in [2.05, 4.69) is 13.0 Å². The molecule has 23 heavy (non-hydrogen) atoms. The molecule has 0 spiro atoms. The lowest BCUT2D eigenvalue weighted by Crippen LogP contribution is -2.34. The fourth-order valence-corrected chi connectivity index (χ4v) is 3.50. The highest BCUT2D eigenvalue weighted by atomic mass is 32.1. The minimum atomic E-state index is 0.0795. The molecule has 0 saturated heterocycles. The van der Waals surface area contributed by atoms with Crippen LogP contribution in [0.25, 0.3) is 10.4 Å². The van der Waals surface area contributed by atoms with Crippen LogP contribution in [0.1, 0.15) is 40.3 Å². The van der Waals surface area contributed by atoms with Gasteiger partial charge in [0.25, 0.3) is 5.91 Å². The molecule has 0 N–H and O–H groups in total. The average Bonchev–Trinajstić information content (AvgIpc) is 3.05. The number of nitrogens with zero attached hydrogens (tertiary/aromatic N) is 1. The van der Waals surface area contributed by atoms with E-state index in [1.54, 1.807) is 6.92 Å². The molecule has 0 aliphatic carbocycles. The molecule has 118 valence electrons. The molecule has 1 aliphatic heterocycles. The van der Waals surface area contributed by atoms with Gasteiger partial charge in [-0.25, -0.2) is 0 Å². The Labute approximate surface area is 140 Å². The van der Waals surface area contributed by atoms with E-state index in [0.717, 1.165) is 28.3 Å². The Bertz CT molecular complexity index is 771. The molecular weight excluding hydrogens is 306 g/mol. The summed E-state index contributed by atoms with van der Waals surface area (Å²) in [5.74, 6) is 0.164. The van der Waals surface area contributed by atoms with Gasteiger partial charge in [0.05, 0.1) is 4.88 Å². The summed E-state index contributed by atoms with van der Waals surface area (Å²) >= 11 is 1.48. The van der Waals surface area contributed by atoms with Crippen LogP contribution >= 0.6 is 11.3 Å². The van der Waals surface area contributed by atoms with Crippen LogP contribution < -0.4 is 0 Å². The van der Waals surface area contributed by atoms with Crippen LogP contribution in [0.15, 0.2) is 48.0 Å². The first-order valence-electron chi connectivity index (χ1n) is 7.71. The standard InChI is InChI=1S/C19H19NO2S/c1-13-9-11-20(12-10-13)19(22)16-5-3-15(4-6-16)18-8-7-17(23-18)14(2)21/h3-9H,10-12H2,1-2H3. The van der Waals surface area contributed by atoms with Crippen molar-refractivity contribution in [3.8, 4) is 10.4 Å². The molecule has 0 bridgehead atoms. The molecule has 4 heteroatoms. The second kappa shape index (κ2) is 6.50. The Hall–Kier alpha value is -2.20. The fraction of sp³-hybridized carbons (Fsp3) is 0.263. The van der Waals surface area contributed by atoms with Gasteiger partial charge in [-0.2, -0.15) is 0 Å². The SMILES string of the molecule is CC(=O)c1ccc(-c2ccc(C(=O)N3CC=C(C)CC3)cc2)s1. The molecule has 0 unspecified atom stereocenters. The van der Waals surface area contributed by atoms with Gasteiger partial charge in [0.1, 0.15) is 0 Å². The summed E-state index contributed by atoms with van der Waals surface area (Å²) in [5, 5.41) is 0. The van der Waals surface area contributed by atoms with E-state index in [4.69, 9.17) is 0 Å². The number of thiophene rings is 1. The Balaban J connectivity index is 1.76. The van der Waals surface area contributed by atoms with Crippen molar-refractivity contribution in [3.05, 3.63) is 58.5 Å². The zero-order chi connectivity index (χ0) is 16.4. The topological polar surface area (TPSA) is 37.4 Å². The van der Waals surface area contributed by atoms with Crippen molar-refractivity contribution in [2.75, 3.05) is 13.1 Å². The molecule has 3 nitrogen and oxygen atoms in total. The van der Waals surface area contributed by atoms with Crippen LogP contribution in [0.2, 0.25) is 0 Å². The fourth-order valence-electron chi connectivity index (χ4n) is 2.60. The minimum Gasteiger partial charge on any atom is -0.335 e. The molecule has 0 saturated carbocycles. The number of Topliss-reactive ketones (excluding diaryl/α,β-unsaturated/α-hetero) is 1. The molecule has 1 aliphatic rings. The first-order chi connectivity index (χ1) is 11.0. The predicted molar refractivity (Wildman–Crippen MR) is 94.0 cm³/mol. The summed E-state index contributed by atoms with van der Waals surface area (Å²) < 4.78 is 0. The largest absolute Gasteiger partial charge is 0.335 e. The van der Waals surface area contributed by atoms with Crippen LogP contribution in [0.3, 0.4) is 0 Å². The monoisotopic (exact) mass is 325 g/mol. The number of hydrogen-bond donors (Lipinski definition) is 0. The van der Waals surface area contributed by atoms with Crippen molar-refractivity contribution in [2.24, 2.45) is 0 Å². The molecule has 0 fully saturated rings. The molecule has 2 heterocycles. The lowest BCUT2D eigenvalue weighted by Gasteiger charge is -2.25. The zero-order valence-electron chi connectivity index (χ0n) is 13.3. The second-order valence-electron chi connectivity index (χ2n) is 5.85. The molecule has 3 rings (SSSR count). The highest BCUT2D eigenvalue weighted by molar-refractivity contribution is 7.17. The van der Waals surface area contributed by atoms with E-state index in [9.17, 15) is 9.59 Å². The molecule has 2 aromatic rings. The highest BCUT2D eigenvalue weighted by Crippen LogP contribution is 2.28. The first-order valence-corrected chi connectivity index (χ1v) is 8.52. The van der Waals surface area contributed by atoms with Gasteiger partial charge in [0, 0.05) is 23.5 Å². The van der Waals surface area contributed by atoms with Crippen LogP contribution in [-0.2, 0) is 0 Å². The summed E-state index contributed by atoms with van der Waals surface area (Å²) in [6, 6.07) is 11.5. The van der Waals surface area contributed by atoms with Crippen molar-refractivity contribution in [1.82, 2.24) is 4.90 Å². The predicted octanol–water partition coefficient (Wildman–Crippen LogP) is 4.41. The van der Waals surface area contributed by atoms with Crippen molar-refractivity contribution < 1.29 is 9.59 Å². The molecule has 0 radical (unpaired) electrons. The molecule has 1 amide bonds. The molecule has 1 aromatic carbocycles. The van der Waals surface area contributed by atoms with Gasteiger partial charge < -0.3 is 4.90 Å². The van der Waals surface area contributed by atoms with Gasteiger partial charge in [0.15, 0.2) is 5.78 Å². The third-order valence-electron chi connectivity index (χ3n) is 4.09. The third-order valence-corrected chi connectivity index (χ3v) is 5.33. The van der Waals surface area contributed by atoms with Gasteiger partial charge in [-0.3, -0.25) is 9.59 Å². The van der Waals surface area contributed by atoms with Gasteiger partial charge >= 0.3 is 0 Å². The second-order valence-corrected chi connectivity index (χ2v) is 6.93. The Kier molecular flexibility index (Phi) is 4.44. The van der Waals surface area contributed by atoms with Crippen LogP contribution in [0.5, 0.6) is 0 Å². The van der Waals surface area contributed by atoms with Crippen LogP contribution in [0, 0.1) is 0 Å². The number of ketones is 1. The van der Waals surface area contributed by atoms with E-state index in [-0.39, 0.29) is 11.7 Å². The summed E-state index contributed by atoms with van der Waals surface area (Å²) in [6.07, 6.45) is 3.07.